The van der Waals surface area contributed by atoms with Gasteiger partial charge in [0.15, 0.2) is 11.5 Å². The summed E-state index contributed by atoms with van der Waals surface area (Å²) in [7, 11) is 1.62. The van der Waals surface area contributed by atoms with E-state index in [0.717, 1.165) is 18.2 Å². The number of anilines is 1. The fourth-order valence-electron chi connectivity index (χ4n) is 4.00. The first kappa shape index (κ1) is 17.7. The predicted octanol–water partition coefficient (Wildman–Crippen LogP) is 3.39. The fourth-order valence-corrected chi connectivity index (χ4v) is 4.00. The number of amides is 1. The van der Waals surface area contributed by atoms with Crippen LogP contribution >= 0.6 is 0 Å². The summed E-state index contributed by atoms with van der Waals surface area (Å²) in [6.07, 6.45) is 9.05. The maximum atomic E-state index is 15.6. The van der Waals surface area contributed by atoms with Crippen molar-refractivity contribution in [1.29, 1.82) is 0 Å². The summed E-state index contributed by atoms with van der Waals surface area (Å²) in [5, 5.41) is 10.4. The zero-order valence-corrected chi connectivity index (χ0v) is 15.9. The average Bonchev–Trinajstić information content (AvgIpc) is 3.29. The first-order valence-corrected chi connectivity index (χ1v) is 9.35. The van der Waals surface area contributed by atoms with Crippen LogP contribution < -0.4 is 5.32 Å². The number of benzene rings is 1. The van der Waals surface area contributed by atoms with E-state index in [1.54, 1.807) is 43.2 Å². The van der Waals surface area contributed by atoms with Crippen molar-refractivity contribution >= 4 is 28.8 Å². The number of carbonyl (C=O) groups excluding carboxylic acids is 1. The van der Waals surface area contributed by atoms with Crippen LogP contribution in [0.25, 0.3) is 27.8 Å². The number of nitrogens with one attached hydrogen (secondary N) is 2. The molecule has 1 atom stereocenters. The van der Waals surface area contributed by atoms with E-state index in [4.69, 9.17) is 4.74 Å². The second kappa shape index (κ2) is 6.63. The van der Waals surface area contributed by atoms with Gasteiger partial charge < -0.3 is 14.5 Å². The van der Waals surface area contributed by atoms with E-state index in [1.807, 2.05) is 0 Å². The van der Waals surface area contributed by atoms with E-state index in [9.17, 15) is 4.79 Å². The number of methoxy groups -OCH3 is 1. The lowest BCUT2D eigenvalue weighted by molar-refractivity contribution is -0.105. The lowest BCUT2D eigenvalue weighted by atomic mass is 9.93. The quantitative estimate of drug-likeness (QED) is 0.489. The zero-order valence-electron chi connectivity index (χ0n) is 15.9. The SMILES string of the molecule is COC(c1c(F)c(C)c(-c2cn3cc(NC=O)nc3cn2)c2cn[nH]c12)C1CC1. The van der Waals surface area contributed by atoms with E-state index in [-0.39, 0.29) is 11.9 Å². The minimum atomic E-state index is -0.300. The van der Waals surface area contributed by atoms with Crippen LogP contribution in [0, 0.1) is 18.7 Å². The number of carbonyl (C=O) groups is 1. The number of ether oxygens (including phenoxy) is 1. The van der Waals surface area contributed by atoms with Gasteiger partial charge in [-0.05, 0) is 31.2 Å². The van der Waals surface area contributed by atoms with Gasteiger partial charge in [-0.15, -0.1) is 0 Å². The van der Waals surface area contributed by atoms with Gasteiger partial charge in [0.05, 0.1) is 35.9 Å². The summed E-state index contributed by atoms with van der Waals surface area (Å²) in [5.74, 6) is 0.444. The molecule has 148 valence electrons. The Bertz CT molecular complexity index is 1240. The zero-order chi connectivity index (χ0) is 20.1. The summed E-state index contributed by atoms with van der Waals surface area (Å²) in [5.41, 5.74) is 3.49. The summed E-state index contributed by atoms with van der Waals surface area (Å²) in [6.45, 7) is 1.75. The molecule has 1 amide bonds. The van der Waals surface area contributed by atoms with Gasteiger partial charge in [0.25, 0.3) is 0 Å². The summed E-state index contributed by atoms with van der Waals surface area (Å²) in [6, 6.07) is 0. The number of imidazole rings is 1. The van der Waals surface area contributed by atoms with Crippen LogP contribution in [0.4, 0.5) is 10.2 Å². The number of fused-ring (bicyclic) bond motifs is 2. The maximum Gasteiger partial charge on any atom is 0.212 e. The van der Waals surface area contributed by atoms with Gasteiger partial charge in [0.1, 0.15) is 5.82 Å². The van der Waals surface area contributed by atoms with Crippen LogP contribution in [0.1, 0.15) is 30.1 Å². The molecule has 0 spiro atoms. The molecule has 29 heavy (non-hydrogen) atoms. The molecule has 2 N–H and O–H groups in total. The molecule has 1 aromatic carbocycles. The minimum absolute atomic E-state index is 0.299. The molecule has 5 rings (SSSR count). The van der Waals surface area contributed by atoms with Gasteiger partial charge in [-0.1, -0.05) is 0 Å². The van der Waals surface area contributed by atoms with Crippen LogP contribution in [0.15, 0.2) is 24.8 Å². The van der Waals surface area contributed by atoms with Crippen LogP contribution in [0.2, 0.25) is 0 Å². The fraction of sp³-hybridized carbons (Fsp3) is 0.300. The van der Waals surface area contributed by atoms with Crippen molar-refractivity contribution < 1.29 is 13.9 Å². The van der Waals surface area contributed by atoms with E-state index < -0.39 is 0 Å². The third kappa shape index (κ3) is 2.77. The maximum absolute atomic E-state index is 15.6. The highest BCUT2D eigenvalue weighted by Gasteiger charge is 2.37. The second-order valence-corrected chi connectivity index (χ2v) is 7.31. The number of aromatic nitrogens is 5. The van der Waals surface area contributed by atoms with E-state index in [0.29, 0.717) is 51.7 Å². The van der Waals surface area contributed by atoms with Gasteiger partial charge >= 0.3 is 0 Å². The molecule has 1 unspecified atom stereocenters. The van der Waals surface area contributed by atoms with Gasteiger partial charge in [0.2, 0.25) is 6.41 Å². The van der Waals surface area contributed by atoms with E-state index in [2.05, 4.69) is 25.5 Å². The van der Waals surface area contributed by atoms with Crippen molar-refractivity contribution in [3.05, 3.63) is 41.7 Å². The average molecular weight is 394 g/mol. The molecule has 1 aliphatic carbocycles. The molecule has 1 saturated carbocycles. The monoisotopic (exact) mass is 394 g/mol. The highest BCUT2D eigenvalue weighted by Crippen LogP contribution is 2.47. The summed E-state index contributed by atoms with van der Waals surface area (Å²) < 4.78 is 23.0. The molecule has 1 aliphatic rings. The van der Waals surface area contributed by atoms with Gasteiger partial charge in [-0.2, -0.15) is 5.10 Å². The summed E-state index contributed by atoms with van der Waals surface area (Å²) in [4.78, 5) is 19.4. The van der Waals surface area contributed by atoms with Crippen LogP contribution in [-0.4, -0.2) is 38.1 Å². The predicted molar refractivity (Wildman–Crippen MR) is 105 cm³/mol. The Balaban J connectivity index is 1.71. The van der Waals surface area contributed by atoms with Crippen molar-refractivity contribution in [3.63, 3.8) is 0 Å². The number of H-pyrrole nitrogens is 1. The standard InChI is InChI=1S/C20H19FN6O2/c1-10-16(13-7-27-8-14(23-9-28)25-15(27)6-22-13)12-5-24-26-19(12)17(18(10)21)20(29-2)11-3-4-11/h5-9,11,20H,3-4H2,1-2H3,(H,23,28)(H,24,26). The molecule has 4 aromatic rings. The number of rotatable bonds is 6. The molecular weight excluding hydrogens is 375 g/mol. The molecule has 3 aromatic heterocycles. The Morgan fingerprint density at radius 2 is 2.21 bits per heavy atom. The normalized spacial score (nSPS) is 15.1. The van der Waals surface area contributed by atoms with Gasteiger partial charge in [-0.3, -0.25) is 14.9 Å². The van der Waals surface area contributed by atoms with Gasteiger partial charge in [0, 0.05) is 29.8 Å². The van der Waals surface area contributed by atoms with Crippen LogP contribution in [-0.2, 0) is 9.53 Å². The lowest BCUT2D eigenvalue weighted by Gasteiger charge is -2.20. The Labute approximate surface area is 165 Å². The van der Waals surface area contributed by atoms with Crippen LogP contribution in [0.5, 0.6) is 0 Å². The molecule has 3 heterocycles. The van der Waals surface area contributed by atoms with Crippen molar-refractivity contribution in [2.45, 2.75) is 25.9 Å². The third-order valence-electron chi connectivity index (χ3n) is 5.51. The van der Waals surface area contributed by atoms with Crippen LogP contribution in [0.3, 0.4) is 0 Å². The van der Waals surface area contributed by atoms with Gasteiger partial charge in [-0.25, -0.2) is 9.37 Å². The Morgan fingerprint density at radius 1 is 1.38 bits per heavy atom. The third-order valence-corrected chi connectivity index (χ3v) is 5.51. The van der Waals surface area contributed by atoms with Crippen molar-refractivity contribution in [2.24, 2.45) is 5.92 Å². The molecule has 0 saturated heterocycles. The van der Waals surface area contributed by atoms with E-state index >= 15 is 4.39 Å². The number of hydrogen-bond donors (Lipinski definition) is 2. The minimum Gasteiger partial charge on any atom is -0.376 e. The topological polar surface area (TPSA) is 97.2 Å². The first-order chi connectivity index (χ1) is 14.1. The highest BCUT2D eigenvalue weighted by atomic mass is 19.1. The Hall–Kier alpha value is -3.33. The smallest absolute Gasteiger partial charge is 0.212 e. The molecule has 0 bridgehead atoms. The molecule has 9 heteroatoms. The van der Waals surface area contributed by atoms with E-state index in [1.165, 1.54) is 0 Å². The first-order valence-electron chi connectivity index (χ1n) is 9.35. The largest absolute Gasteiger partial charge is 0.376 e. The number of nitrogens with zero attached hydrogens (tertiary/aromatic N) is 4. The molecule has 8 nitrogen and oxygen atoms in total. The lowest BCUT2D eigenvalue weighted by Crippen LogP contribution is -2.10. The second-order valence-electron chi connectivity index (χ2n) is 7.31. The number of aromatic amines is 1. The van der Waals surface area contributed by atoms with Crippen molar-refractivity contribution in [3.8, 4) is 11.3 Å². The Morgan fingerprint density at radius 3 is 2.93 bits per heavy atom. The van der Waals surface area contributed by atoms with Crippen molar-refractivity contribution in [2.75, 3.05) is 12.4 Å². The number of halogens is 1. The molecule has 0 radical (unpaired) electrons. The molecule has 0 aliphatic heterocycles. The van der Waals surface area contributed by atoms with Crippen molar-refractivity contribution in [1.82, 2.24) is 24.6 Å². The Kier molecular flexibility index (Phi) is 4.06. The summed E-state index contributed by atoms with van der Waals surface area (Å²) >= 11 is 0. The number of hydrogen-bond acceptors (Lipinski definition) is 5. The highest BCUT2D eigenvalue weighted by molar-refractivity contribution is 5.97. The molecular formula is C20H19FN6O2. The molecule has 1 fully saturated rings.